The van der Waals surface area contributed by atoms with Gasteiger partial charge in [0.1, 0.15) is 0 Å². The van der Waals surface area contributed by atoms with Gasteiger partial charge in [-0.05, 0) is 48.3 Å². The minimum Gasteiger partial charge on any atom is -0.493 e. The Morgan fingerprint density at radius 3 is 2.63 bits per heavy atom. The van der Waals surface area contributed by atoms with Crippen molar-refractivity contribution in [2.45, 2.75) is 13.3 Å². The summed E-state index contributed by atoms with van der Waals surface area (Å²) in [5.41, 5.74) is 3.45. The average Bonchev–Trinajstić information content (AvgIpc) is 2.73. The fraction of sp³-hybridized carbons (Fsp3) is 0.261. The first kappa shape index (κ1) is 18.8. The summed E-state index contributed by atoms with van der Waals surface area (Å²) >= 11 is 0. The lowest BCUT2D eigenvalue weighted by Gasteiger charge is -2.25. The number of hydrogen-bond donors (Lipinski definition) is 0. The summed E-state index contributed by atoms with van der Waals surface area (Å²) in [5.74, 6) is 1.39. The van der Waals surface area contributed by atoms with Gasteiger partial charge in [-0.1, -0.05) is 42.5 Å². The zero-order chi connectivity index (χ0) is 19.1. The summed E-state index contributed by atoms with van der Waals surface area (Å²) in [6, 6.07) is 16.0. The topological polar surface area (TPSA) is 38.8 Å². The summed E-state index contributed by atoms with van der Waals surface area (Å²) in [6.07, 6.45) is 6.46. The van der Waals surface area contributed by atoms with Crippen molar-refractivity contribution in [1.82, 2.24) is 4.90 Å². The van der Waals surface area contributed by atoms with E-state index in [2.05, 4.69) is 18.2 Å². The molecule has 3 rings (SSSR count). The number of carbonyl (C=O) groups excluding carboxylic acids is 1. The van der Waals surface area contributed by atoms with E-state index in [9.17, 15) is 4.79 Å². The summed E-state index contributed by atoms with van der Waals surface area (Å²) in [5, 5.41) is 0. The van der Waals surface area contributed by atoms with Crippen LogP contribution in [0, 0.1) is 0 Å². The van der Waals surface area contributed by atoms with Gasteiger partial charge in [-0.15, -0.1) is 0 Å². The van der Waals surface area contributed by atoms with Crippen LogP contribution in [0.25, 0.3) is 11.6 Å². The summed E-state index contributed by atoms with van der Waals surface area (Å²) in [4.78, 5) is 14.3. The van der Waals surface area contributed by atoms with Gasteiger partial charge in [-0.3, -0.25) is 4.79 Å². The molecule has 1 heterocycles. The Kier molecular flexibility index (Phi) is 6.31. The van der Waals surface area contributed by atoms with Crippen LogP contribution in [0.1, 0.15) is 24.5 Å². The first-order valence-corrected chi connectivity index (χ1v) is 9.23. The number of carbonyl (C=O) groups is 1. The first-order chi connectivity index (χ1) is 13.2. The van der Waals surface area contributed by atoms with Crippen molar-refractivity contribution < 1.29 is 14.3 Å². The number of hydrogen-bond acceptors (Lipinski definition) is 3. The lowest BCUT2D eigenvalue weighted by atomic mass is 9.99. The number of ether oxygens (including phenoxy) is 2. The number of nitrogens with zero attached hydrogens (tertiary/aromatic N) is 1. The molecule has 0 fully saturated rings. The van der Waals surface area contributed by atoms with Crippen molar-refractivity contribution >= 4 is 17.6 Å². The van der Waals surface area contributed by atoms with E-state index in [-0.39, 0.29) is 5.91 Å². The molecule has 0 unspecified atom stereocenters. The molecule has 1 aliphatic rings. The molecule has 27 heavy (non-hydrogen) atoms. The molecule has 1 amide bonds. The van der Waals surface area contributed by atoms with Gasteiger partial charge >= 0.3 is 0 Å². The fourth-order valence-electron chi connectivity index (χ4n) is 3.12. The van der Waals surface area contributed by atoms with E-state index in [1.54, 1.807) is 13.2 Å². The molecule has 0 saturated carbocycles. The van der Waals surface area contributed by atoms with E-state index in [1.165, 1.54) is 11.1 Å². The molecule has 0 aliphatic carbocycles. The molecule has 4 nitrogen and oxygen atoms in total. The van der Waals surface area contributed by atoms with Gasteiger partial charge in [0.05, 0.1) is 13.7 Å². The molecule has 0 aromatic heterocycles. The van der Waals surface area contributed by atoms with Crippen molar-refractivity contribution in [1.29, 1.82) is 0 Å². The smallest absolute Gasteiger partial charge is 0.246 e. The van der Waals surface area contributed by atoms with E-state index in [0.717, 1.165) is 18.5 Å². The lowest BCUT2D eigenvalue weighted by molar-refractivity contribution is -0.125. The number of methoxy groups -OCH3 is 1. The van der Waals surface area contributed by atoms with Gasteiger partial charge in [0, 0.05) is 19.2 Å². The van der Waals surface area contributed by atoms with E-state index in [1.807, 2.05) is 54.3 Å². The third-order valence-electron chi connectivity index (χ3n) is 4.57. The molecule has 2 aromatic rings. The van der Waals surface area contributed by atoms with Crippen molar-refractivity contribution in [2.24, 2.45) is 0 Å². The van der Waals surface area contributed by atoms with E-state index in [4.69, 9.17) is 9.47 Å². The van der Waals surface area contributed by atoms with Crippen LogP contribution in [0.15, 0.2) is 60.7 Å². The van der Waals surface area contributed by atoms with Gasteiger partial charge in [0.2, 0.25) is 5.91 Å². The zero-order valence-corrected chi connectivity index (χ0v) is 15.9. The molecule has 1 aliphatic heterocycles. The summed E-state index contributed by atoms with van der Waals surface area (Å²) < 4.78 is 10.9. The first-order valence-electron chi connectivity index (χ1n) is 9.23. The van der Waals surface area contributed by atoms with Crippen LogP contribution in [-0.2, 0) is 4.79 Å². The molecule has 0 atom stereocenters. The maximum Gasteiger partial charge on any atom is 0.246 e. The maximum atomic E-state index is 12.5. The molecule has 4 heteroatoms. The second kappa shape index (κ2) is 9.08. The van der Waals surface area contributed by atoms with Crippen molar-refractivity contribution in [3.63, 3.8) is 0 Å². The normalized spacial score (nSPS) is 14.1. The lowest BCUT2D eigenvalue weighted by Crippen LogP contribution is -2.33. The van der Waals surface area contributed by atoms with Crippen molar-refractivity contribution in [3.05, 3.63) is 71.8 Å². The van der Waals surface area contributed by atoms with E-state index >= 15 is 0 Å². The predicted molar refractivity (Wildman–Crippen MR) is 109 cm³/mol. The van der Waals surface area contributed by atoms with Gasteiger partial charge in [-0.25, -0.2) is 0 Å². The fourth-order valence-corrected chi connectivity index (χ4v) is 3.12. The molecule has 140 valence electrons. The molecule has 0 spiro atoms. The minimum atomic E-state index is 0.0196. The van der Waals surface area contributed by atoms with Crippen molar-refractivity contribution in [3.8, 4) is 11.5 Å². The Labute approximate surface area is 160 Å². The van der Waals surface area contributed by atoms with Gasteiger partial charge in [-0.2, -0.15) is 0 Å². The highest BCUT2D eigenvalue weighted by Crippen LogP contribution is 2.28. The SMILES string of the molecule is CCOc1ccc(/C=C/C(=O)N2CC=C(c3ccccc3)CC2)cc1OC. The second-order valence-electron chi connectivity index (χ2n) is 6.31. The second-order valence-corrected chi connectivity index (χ2v) is 6.31. The Hall–Kier alpha value is -3.01. The molecule has 0 radical (unpaired) electrons. The zero-order valence-electron chi connectivity index (χ0n) is 15.9. The largest absolute Gasteiger partial charge is 0.493 e. The third kappa shape index (κ3) is 4.79. The summed E-state index contributed by atoms with van der Waals surface area (Å²) in [7, 11) is 1.61. The van der Waals surface area contributed by atoms with Crippen LogP contribution < -0.4 is 9.47 Å². The highest BCUT2D eigenvalue weighted by atomic mass is 16.5. The maximum absolute atomic E-state index is 12.5. The number of benzene rings is 2. The number of rotatable bonds is 6. The van der Waals surface area contributed by atoms with Gasteiger partial charge < -0.3 is 14.4 Å². The average molecular weight is 363 g/mol. The Bertz CT molecular complexity index is 840. The Morgan fingerprint density at radius 1 is 1.15 bits per heavy atom. The molecular formula is C23H25NO3. The Balaban J connectivity index is 1.63. The van der Waals surface area contributed by atoms with Gasteiger partial charge in [0.15, 0.2) is 11.5 Å². The van der Waals surface area contributed by atoms with E-state index < -0.39 is 0 Å². The highest BCUT2D eigenvalue weighted by molar-refractivity contribution is 5.92. The van der Waals surface area contributed by atoms with Crippen LogP contribution in [-0.4, -0.2) is 37.6 Å². The third-order valence-corrected chi connectivity index (χ3v) is 4.57. The monoisotopic (exact) mass is 363 g/mol. The summed E-state index contributed by atoms with van der Waals surface area (Å²) in [6.45, 7) is 3.89. The van der Waals surface area contributed by atoms with Crippen LogP contribution in [0.5, 0.6) is 11.5 Å². The Morgan fingerprint density at radius 2 is 1.96 bits per heavy atom. The van der Waals surface area contributed by atoms with Crippen LogP contribution in [0.4, 0.5) is 0 Å². The van der Waals surface area contributed by atoms with Crippen LogP contribution in [0.3, 0.4) is 0 Å². The van der Waals surface area contributed by atoms with Crippen LogP contribution in [0.2, 0.25) is 0 Å². The molecule has 0 bridgehead atoms. The minimum absolute atomic E-state index is 0.0196. The molecular weight excluding hydrogens is 338 g/mol. The molecule has 2 aromatic carbocycles. The van der Waals surface area contributed by atoms with Gasteiger partial charge in [0.25, 0.3) is 0 Å². The van der Waals surface area contributed by atoms with Crippen LogP contribution >= 0.6 is 0 Å². The molecule has 0 saturated heterocycles. The van der Waals surface area contributed by atoms with Crippen molar-refractivity contribution in [2.75, 3.05) is 26.8 Å². The standard InChI is InChI=1S/C23H25NO3/c1-3-27-21-11-9-18(17-22(21)26-2)10-12-23(25)24-15-13-20(14-16-24)19-7-5-4-6-8-19/h4-13,17H,3,14-16H2,1-2H3/b12-10+. The molecule has 0 N–H and O–H groups in total. The quantitative estimate of drug-likeness (QED) is 0.713. The predicted octanol–water partition coefficient (Wildman–Crippen LogP) is 4.42. The number of amides is 1. The highest BCUT2D eigenvalue weighted by Gasteiger charge is 2.16. The van der Waals surface area contributed by atoms with E-state index in [0.29, 0.717) is 24.7 Å².